The molecule has 114 valence electrons. The number of carbonyl (C=O) groups is 1. The first kappa shape index (κ1) is 15.8. The number of phenols is 2. The monoisotopic (exact) mass is 364 g/mol. The molecule has 0 spiro atoms. The van der Waals surface area contributed by atoms with E-state index in [0.717, 1.165) is 0 Å². The first-order valence-corrected chi connectivity index (χ1v) is 7.00. The molecule has 7 heteroatoms. The summed E-state index contributed by atoms with van der Waals surface area (Å²) in [5, 5.41) is 22.8. The Morgan fingerprint density at radius 1 is 1.23 bits per heavy atom. The van der Waals surface area contributed by atoms with E-state index in [1.165, 1.54) is 37.6 Å². The molecule has 2 rings (SSSR count). The van der Waals surface area contributed by atoms with Gasteiger partial charge < -0.3 is 14.9 Å². The van der Waals surface area contributed by atoms with E-state index >= 15 is 0 Å². The Labute approximate surface area is 135 Å². The molecule has 0 aliphatic carbocycles. The molecular formula is C15H13BrN2O4. The number of ether oxygens (including phenoxy) is 1. The summed E-state index contributed by atoms with van der Waals surface area (Å²) in [6.45, 7) is 0. The van der Waals surface area contributed by atoms with Crippen LogP contribution in [0.4, 0.5) is 0 Å². The quantitative estimate of drug-likeness (QED) is 0.574. The lowest BCUT2D eigenvalue weighted by Gasteiger charge is -2.06. The molecule has 0 aromatic heterocycles. The molecule has 0 saturated heterocycles. The van der Waals surface area contributed by atoms with Gasteiger partial charge in [-0.2, -0.15) is 5.10 Å². The molecule has 3 N–H and O–H groups in total. The van der Waals surface area contributed by atoms with Crippen LogP contribution in [-0.4, -0.2) is 29.4 Å². The number of nitrogens with zero attached hydrogens (tertiary/aromatic N) is 1. The van der Waals surface area contributed by atoms with Crippen LogP contribution < -0.4 is 10.2 Å². The highest BCUT2D eigenvalue weighted by molar-refractivity contribution is 9.10. The fourth-order valence-corrected chi connectivity index (χ4v) is 2.09. The highest BCUT2D eigenvalue weighted by atomic mass is 79.9. The van der Waals surface area contributed by atoms with Gasteiger partial charge in [-0.1, -0.05) is 0 Å². The molecule has 1 amide bonds. The number of methoxy groups -OCH3 is 1. The number of benzene rings is 2. The maximum absolute atomic E-state index is 11.8. The highest BCUT2D eigenvalue weighted by Crippen LogP contribution is 2.35. The molecule has 0 atom stereocenters. The van der Waals surface area contributed by atoms with Crippen LogP contribution in [0, 0.1) is 0 Å². The van der Waals surface area contributed by atoms with Crippen molar-refractivity contribution in [3.63, 3.8) is 0 Å². The molecule has 0 heterocycles. The van der Waals surface area contributed by atoms with E-state index < -0.39 is 5.91 Å². The van der Waals surface area contributed by atoms with Gasteiger partial charge in [0.1, 0.15) is 5.75 Å². The summed E-state index contributed by atoms with van der Waals surface area (Å²) in [7, 11) is 1.45. The van der Waals surface area contributed by atoms with Crippen molar-refractivity contribution in [3.8, 4) is 17.2 Å². The zero-order valence-electron chi connectivity index (χ0n) is 11.6. The van der Waals surface area contributed by atoms with Crippen LogP contribution in [-0.2, 0) is 0 Å². The van der Waals surface area contributed by atoms with Crippen molar-refractivity contribution in [2.45, 2.75) is 0 Å². The molecule has 2 aromatic carbocycles. The Balaban J connectivity index is 2.08. The number of hydrogen-bond acceptors (Lipinski definition) is 5. The average Bonchev–Trinajstić information content (AvgIpc) is 2.52. The molecule has 0 fully saturated rings. The third kappa shape index (κ3) is 3.56. The number of carbonyl (C=O) groups excluding carboxylic acids is 1. The molecule has 22 heavy (non-hydrogen) atoms. The van der Waals surface area contributed by atoms with Crippen LogP contribution in [0.15, 0.2) is 46.0 Å². The van der Waals surface area contributed by atoms with Crippen LogP contribution in [0.3, 0.4) is 0 Å². The lowest BCUT2D eigenvalue weighted by atomic mass is 10.2. The molecular weight excluding hydrogens is 352 g/mol. The molecule has 6 nitrogen and oxygen atoms in total. The number of phenolic OH excluding ortho intramolecular Hbond substituents is 2. The second-order valence-corrected chi connectivity index (χ2v) is 5.06. The van der Waals surface area contributed by atoms with Crippen molar-refractivity contribution in [3.05, 3.63) is 52.0 Å². The molecule has 0 unspecified atom stereocenters. The third-order valence-electron chi connectivity index (χ3n) is 2.83. The van der Waals surface area contributed by atoms with E-state index in [-0.39, 0.29) is 11.5 Å². The summed E-state index contributed by atoms with van der Waals surface area (Å²) in [6.07, 6.45) is 1.39. The largest absolute Gasteiger partial charge is 0.508 e. The topological polar surface area (TPSA) is 91.2 Å². The van der Waals surface area contributed by atoms with Crippen molar-refractivity contribution in [2.75, 3.05) is 7.11 Å². The van der Waals surface area contributed by atoms with E-state index in [1.807, 2.05) is 0 Å². The van der Waals surface area contributed by atoms with Gasteiger partial charge in [-0.15, -0.1) is 0 Å². The Morgan fingerprint density at radius 3 is 2.55 bits per heavy atom. The van der Waals surface area contributed by atoms with E-state index in [4.69, 9.17) is 9.84 Å². The number of aromatic hydroxyl groups is 2. The molecule has 0 aliphatic rings. The highest BCUT2D eigenvalue weighted by Gasteiger charge is 2.09. The maximum atomic E-state index is 11.8. The van der Waals surface area contributed by atoms with Crippen LogP contribution >= 0.6 is 15.9 Å². The van der Waals surface area contributed by atoms with Gasteiger partial charge in [0.15, 0.2) is 11.5 Å². The van der Waals surface area contributed by atoms with E-state index in [2.05, 4.69) is 26.5 Å². The first-order chi connectivity index (χ1) is 10.5. The van der Waals surface area contributed by atoms with Crippen LogP contribution in [0.1, 0.15) is 15.9 Å². The normalized spacial score (nSPS) is 10.6. The second-order valence-electron chi connectivity index (χ2n) is 4.27. The fourth-order valence-electron chi connectivity index (χ4n) is 1.66. The number of amides is 1. The Hall–Kier alpha value is -2.54. The number of hydrazone groups is 1. The third-order valence-corrected chi connectivity index (χ3v) is 3.66. The smallest absolute Gasteiger partial charge is 0.271 e. The lowest BCUT2D eigenvalue weighted by molar-refractivity contribution is 0.0955. The van der Waals surface area contributed by atoms with Gasteiger partial charge in [-0.05, 0) is 52.3 Å². The summed E-state index contributed by atoms with van der Waals surface area (Å²) in [5.41, 5.74) is 3.30. The summed E-state index contributed by atoms with van der Waals surface area (Å²) in [4.78, 5) is 11.8. The van der Waals surface area contributed by atoms with Gasteiger partial charge in [0.05, 0.1) is 17.8 Å². The Morgan fingerprint density at radius 2 is 1.91 bits per heavy atom. The SMILES string of the molecule is COc1ccc(/C=N/NC(=O)c2ccc(O)cc2)c(Br)c1O. The van der Waals surface area contributed by atoms with Crippen molar-refractivity contribution in [1.82, 2.24) is 5.43 Å². The van der Waals surface area contributed by atoms with E-state index in [1.54, 1.807) is 12.1 Å². The summed E-state index contributed by atoms with van der Waals surface area (Å²) in [5.74, 6) is -0.0451. The second kappa shape index (κ2) is 6.95. The number of halogens is 1. The minimum atomic E-state index is -0.412. The number of nitrogens with one attached hydrogen (secondary N) is 1. The first-order valence-electron chi connectivity index (χ1n) is 6.21. The van der Waals surface area contributed by atoms with Crippen molar-refractivity contribution >= 4 is 28.1 Å². The van der Waals surface area contributed by atoms with Crippen molar-refractivity contribution < 1.29 is 19.7 Å². The van der Waals surface area contributed by atoms with Gasteiger partial charge in [-0.25, -0.2) is 5.43 Å². The average molecular weight is 365 g/mol. The number of rotatable bonds is 4. The predicted molar refractivity (Wildman–Crippen MR) is 85.5 cm³/mol. The van der Waals surface area contributed by atoms with Crippen LogP contribution in [0.2, 0.25) is 0 Å². The zero-order valence-corrected chi connectivity index (χ0v) is 13.2. The molecule has 0 saturated carbocycles. The fraction of sp³-hybridized carbons (Fsp3) is 0.0667. The Bertz CT molecular complexity index is 714. The van der Waals surface area contributed by atoms with E-state index in [9.17, 15) is 9.90 Å². The minimum absolute atomic E-state index is 0.0451. The minimum Gasteiger partial charge on any atom is -0.508 e. The van der Waals surface area contributed by atoms with Crippen LogP contribution in [0.25, 0.3) is 0 Å². The molecule has 2 aromatic rings. The standard InChI is InChI=1S/C15H13BrN2O4/c1-22-12-7-4-10(13(16)14(12)20)8-17-18-15(21)9-2-5-11(19)6-3-9/h2-8,19-20H,1H3,(H,18,21)/b17-8+. The van der Waals surface area contributed by atoms with Gasteiger partial charge >= 0.3 is 0 Å². The predicted octanol–water partition coefficient (Wildman–Crippen LogP) is 2.63. The van der Waals surface area contributed by atoms with Crippen molar-refractivity contribution in [1.29, 1.82) is 0 Å². The van der Waals surface area contributed by atoms with Gasteiger partial charge in [0, 0.05) is 11.1 Å². The van der Waals surface area contributed by atoms with Crippen molar-refractivity contribution in [2.24, 2.45) is 5.10 Å². The molecule has 0 bridgehead atoms. The maximum Gasteiger partial charge on any atom is 0.271 e. The van der Waals surface area contributed by atoms with E-state index in [0.29, 0.717) is 21.3 Å². The van der Waals surface area contributed by atoms with Gasteiger partial charge in [0.25, 0.3) is 5.91 Å². The summed E-state index contributed by atoms with van der Waals surface area (Å²) < 4.78 is 5.39. The van der Waals surface area contributed by atoms with Gasteiger partial charge in [-0.3, -0.25) is 4.79 Å². The molecule has 0 aliphatic heterocycles. The Kier molecular flexibility index (Phi) is 5.00. The van der Waals surface area contributed by atoms with Gasteiger partial charge in [0.2, 0.25) is 0 Å². The van der Waals surface area contributed by atoms with Crippen LogP contribution in [0.5, 0.6) is 17.2 Å². The molecule has 0 radical (unpaired) electrons. The zero-order chi connectivity index (χ0) is 16.1. The summed E-state index contributed by atoms with van der Waals surface area (Å²) >= 11 is 3.23. The number of hydrogen-bond donors (Lipinski definition) is 3. The lowest BCUT2D eigenvalue weighted by Crippen LogP contribution is -2.17. The summed E-state index contributed by atoms with van der Waals surface area (Å²) in [6, 6.07) is 9.06.